The fraction of sp³-hybridized carbons (Fsp3) is 0.188. The van der Waals surface area contributed by atoms with Crippen LogP contribution in [0.15, 0.2) is 30.3 Å². The Morgan fingerprint density at radius 1 is 1.19 bits per heavy atom. The van der Waals surface area contributed by atoms with Crippen molar-refractivity contribution in [2.45, 2.75) is 6.92 Å². The van der Waals surface area contributed by atoms with Gasteiger partial charge in [0.2, 0.25) is 5.91 Å². The van der Waals surface area contributed by atoms with Gasteiger partial charge in [0.05, 0.1) is 17.7 Å². The second-order valence-corrected chi connectivity index (χ2v) is 6.18. The number of nitro groups is 1. The number of hydrogen-bond donors (Lipinski definition) is 2. The van der Waals surface area contributed by atoms with Gasteiger partial charge in [0.15, 0.2) is 6.61 Å². The normalized spacial score (nSPS) is 10.0. The highest BCUT2D eigenvalue weighted by molar-refractivity contribution is 7.17. The number of nitrogens with one attached hydrogen (secondary N) is 2. The summed E-state index contributed by atoms with van der Waals surface area (Å²) in [6, 6.07) is 7.07. The maximum Gasteiger partial charge on any atom is 0.349 e. The molecule has 0 unspecified atom stereocenters. The summed E-state index contributed by atoms with van der Waals surface area (Å²) in [4.78, 5) is 45.0. The van der Waals surface area contributed by atoms with Gasteiger partial charge in [-0.15, -0.1) is 0 Å². The first-order chi connectivity index (χ1) is 12.8. The molecule has 142 valence electrons. The predicted octanol–water partition coefficient (Wildman–Crippen LogP) is 2.42. The minimum absolute atomic E-state index is 0.0136. The van der Waals surface area contributed by atoms with Gasteiger partial charge in [-0.1, -0.05) is 11.3 Å². The van der Waals surface area contributed by atoms with Crippen LogP contribution >= 0.6 is 11.3 Å². The van der Waals surface area contributed by atoms with Crippen LogP contribution in [-0.4, -0.2) is 36.4 Å². The number of methoxy groups -OCH3 is 1. The van der Waals surface area contributed by atoms with Crippen LogP contribution in [0.3, 0.4) is 0 Å². The molecule has 2 rings (SSSR count). The number of carbonyl (C=O) groups excluding carboxylic acids is 3. The van der Waals surface area contributed by atoms with Crippen LogP contribution in [0, 0.1) is 10.1 Å². The molecule has 0 radical (unpaired) electrons. The quantitative estimate of drug-likeness (QED) is 0.419. The molecule has 0 aliphatic rings. The summed E-state index contributed by atoms with van der Waals surface area (Å²) in [6.07, 6.45) is 0. The minimum Gasteiger partial charge on any atom is -0.495 e. The first-order valence-corrected chi connectivity index (χ1v) is 8.28. The number of amides is 2. The van der Waals surface area contributed by atoms with Gasteiger partial charge in [-0.2, -0.15) is 0 Å². The first kappa shape index (κ1) is 19.8. The summed E-state index contributed by atoms with van der Waals surface area (Å²) in [5.74, 6) is -1.43. The molecule has 0 aliphatic heterocycles. The van der Waals surface area contributed by atoms with Gasteiger partial charge in [0.25, 0.3) is 5.91 Å². The van der Waals surface area contributed by atoms with Crippen molar-refractivity contribution >= 4 is 45.5 Å². The lowest BCUT2D eigenvalue weighted by molar-refractivity contribution is -0.380. The van der Waals surface area contributed by atoms with Crippen molar-refractivity contribution in [3.05, 3.63) is 45.3 Å². The number of carbonyl (C=O) groups is 3. The topological polar surface area (TPSA) is 137 Å². The Bertz CT molecular complexity index is 894. The average molecular weight is 393 g/mol. The Kier molecular flexibility index (Phi) is 6.44. The fourth-order valence-corrected chi connectivity index (χ4v) is 2.72. The molecule has 0 bridgehead atoms. The lowest BCUT2D eigenvalue weighted by atomic mass is 10.2. The maximum absolute atomic E-state index is 12.0. The standard InChI is InChI=1S/C16H15N3O7S/c1-9(20)17-10-3-4-12(25-2)11(7-10)18-14(21)8-26-16(22)13-5-6-15(27-13)19(23)24/h3-7H,8H2,1-2H3,(H,17,20)(H,18,21). The lowest BCUT2D eigenvalue weighted by Gasteiger charge is -2.12. The van der Waals surface area contributed by atoms with E-state index in [2.05, 4.69) is 10.6 Å². The van der Waals surface area contributed by atoms with Crippen LogP contribution in [0.1, 0.15) is 16.6 Å². The van der Waals surface area contributed by atoms with E-state index in [0.29, 0.717) is 22.8 Å². The predicted molar refractivity (Wildman–Crippen MR) is 97.2 cm³/mol. The van der Waals surface area contributed by atoms with Gasteiger partial charge in [0.1, 0.15) is 10.6 Å². The van der Waals surface area contributed by atoms with Gasteiger partial charge >= 0.3 is 11.0 Å². The molecule has 2 N–H and O–H groups in total. The molecule has 1 aromatic carbocycles. The van der Waals surface area contributed by atoms with Gasteiger partial charge in [-0.25, -0.2) is 4.79 Å². The van der Waals surface area contributed by atoms with Crippen LogP contribution in [0.25, 0.3) is 0 Å². The van der Waals surface area contributed by atoms with Crippen molar-refractivity contribution in [3.63, 3.8) is 0 Å². The smallest absolute Gasteiger partial charge is 0.349 e. The van der Waals surface area contributed by atoms with E-state index in [1.165, 1.54) is 32.2 Å². The minimum atomic E-state index is -0.845. The summed E-state index contributed by atoms with van der Waals surface area (Å²) in [6.45, 7) is 0.745. The van der Waals surface area contributed by atoms with E-state index >= 15 is 0 Å². The Hall–Kier alpha value is -3.47. The van der Waals surface area contributed by atoms with E-state index in [9.17, 15) is 24.5 Å². The van der Waals surface area contributed by atoms with E-state index in [-0.39, 0.29) is 21.5 Å². The van der Waals surface area contributed by atoms with E-state index in [1.54, 1.807) is 12.1 Å². The number of esters is 1. The lowest BCUT2D eigenvalue weighted by Crippen LogP contribution is -2.21. The zero-order chi connectivity index (χ0) is 20.0. The van der Waals surface area contributed by atoms with Crippen LogP contribution < -0.4 is 15.4 Å². The summed E-state index contributed by atoms with van der Waals surface area (Å²) in [5.41, 5.74) is 0.720. The molecule has 0 fully saturated rings. The van der Waals surface area contributed by atoms with Gasteiger partial charge in [-0.05, 0) is 24.3 Å². The largest absolute Gasteiger partial charge is 0.495 e. The number of benzene rings is 1. The van der Waals surface area contributed by atoms with Crippen LogP contribution in [0.4, 0.5) is 16.4 Å². The van der Waals surface area contributed by atoms with E-state index in [0.717, 1.165) is 0 Å². The number of thiophene rings is 1. The molecule has 0 saturated heterocycles. The molecule has 27 heavy (non-hydrogen) atoms. The molecule has 11 heteroatoms. The molecule has 0 saturated carbocycles. The first-order valence-electron chi connectivity index (χ1n) is 7.47. The van der Waals surface area contributed by atoms with Gasteiger partial charge in [0, 0.05) is 18.7 Å². The maximum atomic E-state index is 12.0. The molecular weight excluding hydrogens is 378 g/mol. The van der Waals surface area contributed by atoms with Crippen molar-refractivity contribution < 1.29 is 28.8 Å². The van der Waals surface area contributed by atoms with Crippen molar-refractivity contribution in [3.8, 4) is 5.75 Å². The number of anilines is 2. The van der Waals surface area contributed by atoms with E-state index < -0.39 is 23.4 Å². The molecular formula is C16H15N3O7S. The van der Waals surface area contributed by atoms with Gasteiger partial charge < -0.3 is 20.1 Å². The molecule has 0 spiro atoms. The summed E-state index contributed by atoms with van der Waals surface area (Å²) in [5, 5.41) is 15.5. The van der Waals surface area contributed by atoms with Crippen molar-refractivity contribution in [2.24, 2.45) is 0 Å². The molecule has 2 amide bonds. The monoisotopic (exact) mass is 393 g/mol. The molecule has 1 aromatic heterocycles. The third-order valence-corrected chi connectivity index (χ3v) is 4.12. The third kappa shape index (κ3) is 5.51. The average Bonchev–Trinajstić information content (AvgIpc) is 3.10. The highest BCUT2D eigenvalue weighted by Gasteiger charge is 2.18. The zero-order valence-corrected chi connectivity index (χ0v) is 15.1. The van der Waals surface area contributed by atoms with Crippen LogP contribution in [0.5, 0.6) is 5.75 Å². The number of ether oxygens (including phenoxy) is 2. The molecule has 0 atom stereocenters. The van der Waals surface area contributed by atoms with Gasteiger partial charge in [-0.3, -0.25) is 19.7 Å². The second-order valence-electron chi connectivity index (χ2n) is 5.12. The highest BCUT2D eigenvalue weighted by Crippen LogP contribution is 2.28. The molecule has 1 heterocycles. The Balaban J connectivity index is 1.99. The number of rotatable bonds is 7. The van der Waals surface area contributed by atoms with Crippen molar-refractivity contribution in [1.82, 2.24) is 0 Å². The summed E-state index contributed by atoms with van der Waals surface area (Å²) in [7, 11) is 1.41. The number of hydrogen-bond acceptors (Lipinski definition) is 8. The third-order valence-electron chi connectivity index (χ3n) is 3.10. The second kappa shape index (κ2) is 8.76. The Morgan fingerprint density at radius 2 is 1.93 bits per heavy atom. The van der Waals surface area contributed by atoms with Crippen molar-refractivity contribution in [2.75, 3.05) is 24.4 Å². The molecule has 0 aliphatic carbocycles. The molecule has 10 nitrogen and oxygen atoms in total. The molecule has 2 aromatic rings. The van der Waals surface area contributed by atoms with Crippen LogP contribution in [0.2, 0.25) is 0 Å². The van der Waals surface area contributed by atoms with E-state index in [4.69, 9.17) is 9.47 Å². The van der Waals surface area contributed by atoms with E-state index in [1.807, 2.05) is 0 Å². The number of nitrogens with zero attached hydrogens (tertiary/aromatic N) is 1. The summed E-state index contributed by atoms with van der Waals surface area (Å²) >= 11 is 0.653. The highest BCUT2D eigenvalue weighted by atomic mass is 32.1. The SMILES string of the molecule is COc1ccc(NC(C)=O)cc1NC(=O)COC(=O)c1ccc([N+](=O)[O-])s1. The Labute approximate surface area is 157 Å². The fourth-order valence-electron chi connectivity index (χ4n) is 2.01. The van der Waals surface area contributed by atoms with Crippen LogP contribution in [-0.2, 0) is 14.3 Å². The van der Waals surface area contributed by atoms with Crippen molar-refractivity contribution in [1.29, 1.82) is 0 Å². The summed E-state index contributed by atoms with van der Waals surface area (Å²) < 4.78 is 9.98. The Morgan fingerprint density at radius 3 is 2.52 bits per heavy atom. The zero-order valence-electron chi connectivity index (χ0n) is 14.3.